The molecule has 0 aliphatic carbocycles. The highest BCUT2D eigenvalue weighted by molar-refractivity contribution is 7.92. The Morgan fingerprint density at radius 1 is 1.53 bits per heavy atom. The van der Waals surface area contributed by atoms with Gasteiger partial charge in [0.25, 0.3) is 0 Å². The molecule has 9 heteroatoms. The number of nitrogens with one attached hydrogen (secondary N) is 1. The molecule has 0 spiro atoms. The summed E-state index contributed by atoms with van der Waals surface area (Å²) in [5.41, 5.74) is 4.97. The Balaban J connectivity index is 4.29. The first-order valence-electron chi connectivity index (χ1n) is 3.87. The van der Waals surface area contributed by atoms with Crippen LogP contribution >= 0.6 is 12.2 Å². The van der Waals surface area contributed by atoms with Crippen molar-refractivity contribution in [3.63, 3.8) is 0 Å². The van der Waals surface area contributed by atoms with E-state index in [9.17, 15) is 21.6 Å². The summed E-state index contributed by atoms with van der Waals surface area (Å²) in [5.74, 6) is -0.648. The van der Waals surface area contributed by atoms with Crippen LogP contribution in [0.25, 0.3) is 0 Å². The molecule has 0 aromatic rings. The van der Waals surface area contributed by atoms with Crippen molar-refractivity contribution in [1.82, 2.24) is 4.72 Å². The molecule has 15 heavy (non-hydrogen) atoms. The highest BCUT2D eigenvalue weighted by atomic mass is 32.2. The Bertz CT molecular complexity index is 326. The van der Waals surface area contributed by atoms with Crippen molar-refractivity contribution in [2.75, 3.05) is 5.75 Å². The Kier molecular flexibility index (Phi) is 4.94. The van der Waals surface area contributed by atoms with Crippen molar-refractivity contribution >= 4 is 27.2 Å². The predicted octanol–water partition coefficient (Wildman–Crippen LogP) is 0.533. The lowest BCUT2D eigenvalue weighted by Crippen LogP contribution is -2.39. The standard InChI is InChI=1S/C6H11F3N2O2S2/c1-4(2-6(7,8)9)11-15(12,13)3-5(10)14/h4,11H,2-3H2,1H3,(H2,10,14). The first-order chi connectivity index (χ1) is 6.52. The first-order valence-corrected chi connectivity index (χ1v) is 5.93. The van der Waals surface area contributed by atoms with Gasteiger partial charge in [0.1, 0.15) is 5.75 Å². The first kappa shape index (κ1) is 14.6. The third-order valence-corrected chi connectivity index (χ3v) is 3.03. The molecule has 1 unspecified atom stereocenters. The van der Waals surface area contributed by atoms with Crippen molar-refractivity contribution in [3.8, 4) is 0 Å². The molecule has 3 N–H and O–H groups in total. The fourth-order valence-electron chi connectivity index (χ4n) is 0.924. The van der Waals surface area contributed by atoms with Crippen LogP contribution in [0, 0.1) is 0 Å². The molecule has 0 saturated heterocycles. The third kappa shape index (κ3) is 8.58. The lowest BCUT2D eigenvalue weighted by Gasteiger charge is -2.15. The van der Waals surface area contributed by atoms with Crippen LogP contribution in [0.5, 0.6) is 0 Å². The summed E-state index contributed by atoms with van der Waals surface area (Å²) < 4.78 is 59.6. The molecule has 0 amide bonds. The number of hydrogen-bond donors (Lipinski definition) is 2. The number of alkyl halides is 3. The van der Waals surface area contributed by atoms with E-state index in [0.29, 0.717) is 0 Å². The molecule has 0 rings (SSSR count). The molecular weight excluding hydrogens is 253 g/mol. The summed E-state index contributed by atoms with van der Waals surface area (Å²) >= 11 is 4.34. The number of nitrogens with two attached hydrogens (primary N) is 1. The van der Waals surface area contributed by atoms with Crippen LogP contribution in [0.3, 0.4) is 0 Å². The maximum atomic E-state index is 11.9. The van der Waals surface area contributed by atoms with Crippen molar-refractivity contribution in [3.05, 3.63) is 0 Å². The van der Waals surface area contributed by atoms with Crippen LogP contribution in [0.1, 0.15) is 13.3 Å². The van der Waals surface area contributed by atoms with Crippen LogP contribution in [0.4, 0.5) is 13.2 Å². The minimum Gasteiger partial charge on any atom is -0.392 e. The van der Waals surface area contributed by atoms with Crippen molar-refractivity contribution in [2.45, 2.75) is 25.6 Å². The lowest BCUT2D eigenvalue weighted by molar-refractivity contribution is -0.137. The summed E-state index contributed by atoms with van der Waals surface area (Å²) in [6.07, 6.45) is -5.64. The number of rotatable bonds is 5. The molecular formula is C6H11F3N2O2S2. The fourth-order valence-corrected chi connectivity index (χ4v) is 2.54. The second-order valence-electron chi connectivity index (χ2n) is 3.06. The smallest absolute Gasteiger partial charge is 0.390 e. The highest BCUT2D eigenvalue weighted by Gasteiger charge is 2.31. The van der Waals surface area contributed by atoms with Gasteiger partial charge in [-0.2, -0.15) is 13.2 Å². The molecule has 0 aromatic carbocycles. The molecule has 0 aliphatic rings. The van der Waals surface area contributed by atoms with Gasteiger partial charge in [-0.1, -0.05) is 12.2 Å². The van der Waals surface area contributed by atoms with Crippen molar-refractivity contribution < 1.29 is 21.6 Å². The van der Waals surface area contributed by atoms with Crippen LogP contribution in [-0.2, 0) is 10.0 Å². The summed E-state index contributed by atoms with van der Waals surface area (Å²) in [5, 5.41) is 0. The van der Waals surface area contributed by atoms with Crippen LogP contribution in [0.15, 0.2) is 0 Å². The van der Waals surface area contributed by atoms with Crippen LogP contribution < -0.4 is 10.5 Å². The molecule has 4 nitrogen and oxygen atoms in total. The van der Waals surface area contributed by atoms with E-state index in [1.54, 1.807) is 0 Å². The zero-order valence-corrected chi connectivity index (χ0v) is 9.47. The molecule has 0 heterocycles. The molecule has 0 aliphatic heterocycles. The van der Waals surface area contributed by atoms with E-state index in [0.717, 1.165) is 6.92 Å². The van der Waals surface area contributed by atoms with E-state index in [-0.39, 0.29) is 4.99 Å². The second-order valence-corrected chi connectivity index (χ2v) is 5.34. The molecule has 0 aromatic heterocycles. The second kappa shape index (κ2) is 5.08. The van der Waals surface area contributed by atoms with Crippen LogP contribution in [-0.4, -0.2) is 31.4 Å². The Labute approximate surface area is 91.1 Å². The predicted molar refractivity (Wildman–Crippen MR) is 53.8 cm³/mol. The Morgan fingerprint density at radius 3 is 2.33 bits per heavy atom. The van der Waals surface area contributed by atoms with Gasteiger partial charge in [-0.3, -0.25) is 0 Å². The molecule has 1 atom stereocenters. The molecule has 0 saturated carbocycles. The van der Waals surface area contributed by atoms with Crippen molar-refractivity contribution in [1.29, 1.82) is 0 Å². The zero-order chi connectivity index (χ0) is 12.3. The average Bonchev–Trinajstić information content (AvgIpc) is 1.73. The highest BCUT2D eigenvalue weighted by Crippen LogP contribution is 2.21. The Morgan fingerprint density at radius 2 is 2.00 bits per heavy atom. The van der Waals surface area contributed by atoms with Gasteiger partial charge >= 0.3 is 6.18 Å². The normalized spacial score (nSPS) is 14.9. The number of hydrogen-bond acceptors (Lipinski definition) is 3. The Hall–Kier alpha value is -0.410. The quantitative estimate of drug-likeness (QED) is 0.711. The third-order valence-electron chi connectivity index (χ3n) is 1.25. The SMILES string of the molecule is CC(CC(F)(F)F)NS(=O)(=O)CC(N)=S. The van der Waals surface area contributed by atoms with E-state index >= 15 is 0 Å². The van der Waals surface area contributed by atoms with Crippen LogP contribution in [0.2, 0.25) is 0 Å². The molecule has 0 bridgehead atoms. The largest absolute Gasteiger partial charge is 0.392 e. The number of thiocarbonyl (C=S) groups is 1. The summed E-state index contributed by atoms with van der Waals surface area (Å²) in [6.45, 7) is 1.12. The summed E-state index contributed by atoms with van der Waals surface area (Å²) in [7, 11) is -3.87. The maximum absolute atomic E-state index is 11.9. The average molecular weight is 264 g/mol. The van der Waals surface area contributed by atoms with Gasteiger partial charge in [0.05, 0.1) is 11.4 Å². The van der Waals surface area contributed by atoms with Gasteiger partial charge in [-0.05, 0) is 6.92 Å². The molecule has 0 radical (unpaired) electrons. The zero-order valence-electron chi connectivity index (χ0n) is 7.84. The number of sulfonamides is 1. The van der Waals surface area contributed by atoms with Gasteiger partial charge in [0.2, 0.25) is 10.0 Å². The van der Waals surface area contributed by atoms with E-state index in [2.05, 4.69) is 12.2 Å². The van der Waals surface area contributed by atoms with Gasteiger partial charge in [-0.15, -0.1) is 0 Å². The summed E-state index contributed by atoms with van der Waals surface area (Å²) in [4.78, 5) is -0.290. The van der Waals surface area contributed by atoms with Gasteiger partial charge < -0.3 is 5.73 Å². The molecule has 90 valence electrons. The van der Waals surface area contributed by atoms with E-state index in [4.69, 9.17) is 5.73 Å². The topological polar surface area (TPSA) is 72.2 Å². The monoisotopic (exact) mass is 264 g/mol. The minimum absolute atomic E-state index is 0.290. The van der Waals surface area contributed by atoms with Crippen molar-refractivity contribution in [2.24, 2.45) is 5.73 Å². The molecule has 0 fully saturated rings. The van der Waals surface area contributed by atoms with E-state index < -0.39 is 34.4 Å². The van der Waals surface area contributed by atoms with Gasteiger partial charge in [-0.25, -0.2) is 13.1 Å². The fraction of sp³-hybridized carbons (Fsp3) is 0.833. The van der Waals surface area contributed by atoms with E-state index in [1.165, 1.54) is 0 Å². The minimum atomic E-state index is -4.41. The summed E-state index contributed by atoms with van der Waals surface area (Å²) in [6, 6.07) is -1.23. The lowest BCUT2D eigenvalue weighted by atomic mass is 10.2. The van der Waals surface area contributed by atoms with E-state index in [1.807, 2.05) is 4.72 Å². The number of halogens is 3. The van der Waals surface area contributed by atoms with Gasteiger partial charge in [0.15, 0.2) is 0 Å². The maximum Gasteiger partial charge on any atom is 0.390 e. The van der Waals surface area contributed by atoms with Gasteiger partial charge in [0, 0.05) is 6.04 Å².